The van der Waals surface area contributed by atoms with Gasteiger partial charge in [-0.05, 0) is 18.2 Å². The minimum Gasteiger partial charge on any atom is -0.465 e. The average molecular weight is 329 g/mol. The van der Waals surface area contributed by atoms with Gasteiger partial charge in [0.25, 0.3) is 0 Å². The van der Waals surface area contributed by atoms with Crippen molar-refractivity contribution in [1.29, 1.82) is 0 Å². The van der Waals surface area contributed by atoms with Crippen molar-refractivity contribution in [3.63, 3.8) is 0 Å². The Balaban J connectivity index is 0.000000240. The van der Waals surface area contributed by atoms with Crippen LogP contribution < -0.4 is 0 Å². The topological polar surface area (TPSA) is 99.6 Å². The second-order valence-electron chi connectivity index (χ2n) is 4.35. The van der Waals surface area contributed by atoms with Crippen molar-refractivity contribution in [1.82, 2.24) is 4.98 Å². The third-order valence-electron chi connectivity index (χ3n) is 2.76. The molecule has 7 heteroatoms. The van der Waals surface area contributed by atoms with E-state index in [-0.39, 0.29) is 5.56 Å². The molecular formula is C17H15NO6. The maximum atomic E-state index is 10.9. The number of esters is 2. The van der Waals surface area contributed by atoms with Crippen LogP contribution in [-0.2, 0) is 9.47 Å². The van der Waals surface area contributed by atoms with E-state index in [2.05, 4.69) is 14.5 Å². The minimum absolute atomic E-state index is 0.280. The van der Waals surface area contributed by atoms with Crippen LogP contribution in [0.2, 0.25) is 0 Å². The van der Waals surface area contributed by atoms with Gasteiger partial charge in [0.1, 0.15) is 6.29 Å². The summed E-state index contributed by atoms with van der Waals surface area (Å²) in [6.45, 7) is 0. The zero-order valence-electron chi connectivity index (χ0n) is 13.1. The molecule has 2 aromatic rings. The summed E-state index contributed by atoms with van der Waals surface area (Å²) in [5.74, 6) is -0.926. The molecule has 124 valence electrons. The maximum Gasteiger partial charge on any atom is 0.339 e. The van der Waals surface area contributed by atoms with Crippen LogP contribution >= 0.6 is 0 Å². The third kappa shape index (κ3) is 5.45. The smallest absolute Gasteiger partial charge is 0.339 e. The van der Waals surface area contributed by atoms with Gasteiger partial charge in [0.2, 0.25) is 0 Å². The molecule has 0 aliphatic rings. The summed E-state index contributed by atoms with van der Waals surface area (Å²) in [6.07, 6.45) is 4.03. The number of benzene rings is 1. The number of nitrogens with zero attached hydrogens (tertiary/aromatic N) is 1. The molecule has 1 aromatic heterocycles. The summed E-state index contributed by atoms with van der Waals surface area (Å²) in [4.78, 5) is 46.1. The number of aldehydes is 2. The fraction of sp³-hybridized carbons (Fsp3) is 0.118. The number of carbonyl (C=O) groups is 4. The normalized spacial score (nSPS) is 9.08. The van der Waals surface area contributed by atoms with Crippen molar-refractivity contribution < 1.29 is 28.7 Å². The highest BCUT2D eigenvalue weighted by molar-refractivity contribution is 5.91. The van der Waals surface area contributed by atoms with E-state index < -0.39 is 11.9 Å². The number of ether oxygens (including phenoxy) is 2. The van der Waals surface area contributed by atoms with E-state index >= 15 is 0 Å². The quantitative estimate of drug-likeness (QED) is 0.624. The molecule has 0 aliphatic carbocycles. The highest BCUT2D eigenvalue weighted by Crippen LogP contribution is 2.04. The van der Waals surface area contributed by atoms with Crippen LogP contribution in [0.15, 0.2) is 42.7 Å². The molecule has 0 saturated carbocycles. The number of aromatic nitrogens is 1. The molecule has 0 aliphatic heterocycles. The molecule has 0 fully saturated rings. The predicted molar refractivity (Wildman–Crippen MR) is 84.1 cm³/mol. The molecule has 0 saturated heterocycles. The number of hydrogen-bond donors (Lipinski definition) is 0. The fourth-order valence-electron chi connectivity index (χ4n) is 1.61. The Kier molecular flexibility index (Phi) is 7.50. The second-order valence-corrected chi connectivity index (χ2v) is 4.35. The van der Waals surface area contributed by atoms with Gasteiger partial charge >= 0.3 is 11.9 Å². The van der Waals surface area contributed by atoms with Gasteiger partial charge in [-0.3, -0.25) is 14.6 Å². The van der Waals surface area contributed by atoms with Gasteiger partial charge < -0.3 is 9.47 Å². The zero-order valence-corrected chi connectivity index (χ0v) is 13.1. The molecule has 7 nitrogen and oxygen atoms in total. The van der Waals surface area contributed by atoms with Crippen molar-refractivity contribution in [2.45, 2.75) is 0 Å². The lowest BCUT2D eigenvalue weighted by molar-refractivity contribution is 0.0591. The maximum absolute atomic E-state index is 10.9. The Hall–Kier alpha value is -3.35. The van der Waals surface area contributed by atoms with E-state index in [0.717, 1.165) is 0 Å². The Labute approximate surface area is 138 Å². The third-order valence-corrected chi connectivity index (χ3v) is 2.76. The Morgan fingerprint density at radius 3 is 2.04 bits per heavy atom. The Bertz CT molecular complexity index is 678. The number of carbonyl (C=O) groups excluding carboxylic acids is 4. The van der Waals surface area contributed by atoms with E-state index in [0.29, 0.717) is 29.3 Å². The number of hydrogen-bond acceptors (Lipinski definition) is 7. The molecule has 0 atom stereocenters. The van der Waals surface area contributed by atoms with Crippen LogP contribution in [-0.4, -0.2) is 43.7 Å². The summed E-state index contributed by atoms with van der Waals surface area (Å²) >= 11 is 0. The fourth-order valence-corrected chi connectivity index (χ4v) is 1.61. The van der Waals surface area contributed by atoms with E-state index in [4.69, 9.17) is 0 Å². The van der Waals surface area contributed by atoms with Crippen molar-refractivity contribution in [3.05, 3.63) is 65.0 Å². The first kappa shape index (κ1) is 18.7. The first-order valence-electron chi connectivity index (χ1n) is 6.67. The van der Waals surface area contributed by atoms with Crippen LogP contribution in [0.25, 0.3) is 0 Å². The highest BCUT2D eigenvalue weighted by Gasteiger charge is 2.05. The minimum atomic E-state index is -0.494. The SMILES string of the molecule is COC(=O)c1cccc(C=O)c1.COC(=O)c1cncc(C=O)c1. The predicted octanol–water partition coefficient (Wildman–Crippen LogP) is 1.97. The summed E-state index contributed by atoms with van der Waals surface area (Å²) in [5.41, 5.74) is 1.50. The lowest BCUT2D eigenvalue weighted by Gasteiger charge is -1.98. The lowest BCUT2D eigenvalue weighted by atomic mass is 10.1. The van der Waals surface area contributed by atoms with Crippen LogP contribution in [0.5, 0.6) is 0 Å². The molecule has 2 rings (SSSR count). The van der Waals surface area contributed by atoms with Gasteiger partial charge in [-0.25, -0.2) is 9.59 Å². The van der Waals surface area contributed by atoms with E-state index in [1.165, 1.54) is 38.7 Å². The molecule has 24 heavy (non-hydrogen) atoms. The molecule has 0 radical (unpaired) electrons. The molecule has 0 spiro atoms. The monoisotopic (exact) mass is 329 g/mol. The number of pyridine rings is 1. The van der Waals surface area contributed by atoms with E-state index in [9.17, 15) is 19.2 Å². The van der Waals surface area contributed by atoms with Gasteiger partial charge in [0.05, 0.1) is 25.3 Å². The number of methoxy groups -OCH3 is 2. The molecule has 0 amide bonds. The van der Waals surface area contributed by atoms with Gasteiger partial charge in [-0.1, -0.05) is 12.1 Å². The van der Waals surface area contributed by atoms with Gasteiger partial charge in [-0.15, -0.1) is 0 Å². The first-order chi connectivity index (χ1) is 11.5. The van der Waals surface area contributed by atoms with Crippen molar-refractivity contribution >= 4 is 24.5 Å². The van der Waals surface area contributed by atoms with Crippen LogP contribution in [0, 0.1) is 0 Å². The highest BCUT2D eigenvalue weighted by atomic mass is 16.5. The van der Waals surface area contributed by atoms with E-state index in [1.807, 2.05) is 0 Å². The largest absolute Gasteiger partial charge is 0.465 e. The van der Waals surface area contributed by atoms with Crippen molar-refractivity contribution in [2.24, 2.45) is 0 Å². The molecule has 1 heterocycles. The lowest BCUT2D eigenvalue weighted by Crippen LogP contribution is -2.02. The molecule has 0 N–H and O–H groups in total. The second kappa shape index (κ2) is 9.62. The Morgan fingerprint density at radius 1 is 0.875 bits per heavy atom. The average Bonchev–Trinajstić information content (AvgIpc) is 2.67. The summed E-state index contributed by atoms with van der Waals surface area (Å²) in [7, 11) is 2.58. The summed E-state index contributed by atoms with van der Waals surface area (Å²) in [5, 5.41) is 0. The molecule has 1 aromatic carbocycles. The molecule has 0 bridgehead atoms. The van der Waals surface area contributed by atoms with Gasteiger partial charge in [0, 0.05) is 23.5 Å². The standard InChI is InChI=1S/C9H8O3.C8H7NO3/c1-12-9(11)8-4-2-3-7(5-8)6-10;1-12-8(11)7-2-6(5-10)3-9-4-7/h2-6H,1H3;2-5H,1H3. The Morgan fingerprint density at radius 2 is 1.46 bits per heavy atom. The summed E-state index contributed by atoms with van der Waals surface area (Å²) < 4.78 is 8.92. The molecule has 0 unspecified atom stereocenters. The zero-order chi connectivity index (χ0) is 17.9. The molecular weight excluding hydrogens is 314 g/mol. The van der Waals surface area contributed by atoms with Crippen LogP contribution in [0.3, 0.4) is 0 Å². The van der Waals surface area contributed by atoms with E-state index in [1.54, 1.807) is 18.2 Å². The van der Waals surface area contributed by atoms with Crippen molar-refractivity contribution in [2.75, 3.05) is 14.2 Å². The number of rotatable bonds is 4. The van der Waals surface area contributed by atoms with Gasteiger partial charge in [-0.2, -0.15) is 0 Å². The van der Waals surface area contributed by atoms with Crippen LogP contribution in [0.1, 0.15) is 41.4 Å². The first-order valence-corrected chi connectivity index (χ1v) is 6.67. The van der Waals surface area contributed by atoms with Crippen molar-refractivity contribution in [3.8, 4) is 0 Å². The van der Waals surface area contributed by atoms with Gasteiger partial charge in [0.15, 0.2) is 6.29 Å². The summed E-state index contributed by atoms with van der Waals surface area (Å²) in [6, 6.07) is 7.76. The van der Waals surface area contributed by atoms with Crippen LogP contribution in [0.4, 0.5) is 0 Å².